The number of ether oxygens (including phenoxy) is 1. The summed E-state index contributed by atoms with van der Waals surface area (Å²) >= 11 is 0. The summed E-state index contributed by atoms with van der Waals surface area (Å²) in [5.74, 6) is 2.08. The maximum Gasteiger partial charge on any atom is 0.374 e. The molecule has 0 bridgehead atoms. The number of hydrogen-bond donors (Lipinski definition) is 0. The Balaban J connectivity index is 2.36. The summed E-state index contributed by atoms with van der Waals surface area (Å²) in [6.07, 6.45) is 6.81. The lowest BCUT2D eigenvalue weighted by molar-refractivity contribution is 0.0477. The molecule has 0 aliphatic carbocycles. The summed E-state index contributed by atoms with van der Waals surface area (Å²) in [6, 6.07) is 3.16. The monoisotopic (exact) mass is 164 g/mol. The van der Waals surface area contributed by atoms with Crippen molar-refractivity contribution in [2.24, 2.45) is 0 Å². The lowest BCUT2D eigenvalue weighted by atomic mass is 10.4. The van der Waals surface area contributed by atoms with Gasteiger partial charge in [-0.1, -0.05) is 0 Å². The van der Waals surface area contributed by atoms with Crippen LogP contribution in [0.15, 0.2) is 22.8 Å². The maximum absolute atomic E-state index is 11.0. The topological polar surface area (TPSA) is 39.4 Å². The molecule has 1 aromatic rings. The smallest absolute Gasteiger partial charge is 0.374 e. The highest BCUT2D eigenvalue weighted by Gasteiger charge is 2.08. The van der Waals surface area contributed by atoms with Crippen molar-refractivity contribution in [3.63, 3.8) is 0 Å². The molecule has 1 heterocycles. The van der Waals surface area contributed by atoms with E-state index in [2.05, 4.69) is 5.92 Å². The highest BCUT2D eigenvalue weighted by Crippen LogP contribution is 2.01. The van der Waals surface area contributed by atoms with Gasteiger partial charge in [0.05, 0.1) is 6.26 Å². The summed E-state index contributed by atoms with van der Waals surface area (Å²) in [5.41, 5.74) is 0. The molecule has 3 nitrogen and oxygen atoms in total. The van der Waals surface area contributed by atoms with E-state index in [1.165, 1.54) is 12.3 Å². The minimum absolute atomic E-state index is 0.201. The van der Waals surface area contributed by atoms with Crippen LogP contribution in [-0.2, 0) is 4.74 Å². The van der Waals surface area contributed by atoms with E-state index in [4.69, 9.17) is 15.6 Å². The average Bonchev–Trinajstić information content (AvgIpc) is 2.56. The highest BCUT2D eigenvalue weighted by molar-refractivity contribution is 5.86. The van der Waals surface area contributed by atoms with Crippen molar-refractivity contribution < 1.29 is 13.9 Å². The van der Waals surface area contributed by atoms with E-state index in [1.54, 1.807) is 6.07 Å². The molecule has 0 aliphatic heterocycles. The quantitative estimate of drug-likeness (QED) is 0.385. The molecular formula is C9H8O3. The van der Waals surface area contributed by atoms with Crippen LogP contribution in [0.1, 0.15) is 17.0 Å². The van der Waals surface area contributed by atoms with Crippen LogP contribution in [0.4, 0.5) is 0 Å². The molecule has 1 rings (SSSR count). The summed E-state index contributed by atoms with van der Waals surface area (Å²) in [4.78, 5) is 11.0. The van der Waals surface area contributed by atoms with Crippen LogP contribution in [0, 0.1) is 12.3 Å². The molecule has 0 spiro atoms. The third-order valence-electron chi connectivity index (χ3n) is 1.20. The zero-order chi connectivity index (χ0) is 8.81. The standard InChI is InChI=1S/C9H8O3/c1-2-3-6-12-9(10)8-5-4-7-11-8/h1,4-5,7H,3,6H2. The van der Waals surface area contributed by atoms with Gasteiger partial charge in [0.2, 0.25) is 5.76 Å². The molecule has 0 radical (unpaired) electrons. The van der Waals surface area contributed by atoms with Crippen LogP contribution in [0.3, 0.4) is 0 Å². The van der Waals surface area contributed by atoms with Crippen molar-refractivity contribution in [2.45, 2.75) is 6.42 Å². The summed E-state index contributed by atoms with van der Waals surface area (Å²) < 4.78 is 9.55. The van der Waals surface area contributed by atoms with Gasteiger partial charge in [-0.25, -0.2) is 4.79 Å². The molecule has 0 amide bonds. The Bertz CT molecular complexity index is 279. The number of carbonyl (C=O) groups excluding carboxylic acids is 1. The summed E-state index contributed by atoms with van der Waals surface area (Å²) in [5, 5.41) is 0. The van der Waals surface area contributed by atoms with Gasteiger partial charge in [0.15, 0.2) is 0 Å². The molecule has 0 aliphatic rings. The van der Waals surface area contributed by atoms with Crippen molar-refractivity contribution in [3.05, 3.63) is 24.2 Å². The molecule has 1 aromatic heterocycles. The molecule has 0 saturated heterocycles. The third kappa shape index (κ3) is 2.17. The van der Waals surface area contributed by atoms with E-state index >= 15 is 0 Å². The van der Waals surface area contributed by atoms with E-state index in [-0.39, 0.29) is 12.4 Å². The first kappa shape index (κ1) is 8.41. The number of hydrogen-bond acceptors (Lipinski definition) is 3. The molecule has 12 heavy (non-hydrogen) atoms. The summed E-state index contributed by atoms with van der Waals surface area (Å²) in [6.45, 7) is 0.232. The lowest BCUT2D eigenvalue weighted by Crippen LogP contribution is -2.04. The fraction of sp³-hybridized carbons (Fsp3) is 0.222. The van der Waals surface area contributed by atoms with Crippen molar-refractivity contribution in [1.82, 2.24) is 0 Å². The Morgan fingerprint density at radius 1 is 1.75 bits per heavy atom. The van der Waals surface area contributed by atoms with Gasteiger partial charge in [-0.2, -0.15) is 0 Å². The van der Waals surface area contributed by atoms with Crippen LogP contribution in [0.25, 0.3) is 0 Å². The Labute approximate surface area is 70.3 Å². The van der Waals surface area contributed by atoms with Gasteiger partial charge in [0.1, 0.15) is 6.61 Å². The minimum atomic E-state index is -0.477. The normalized spacial score (nSPS) is 8.92. The zero-order valence-corrected chi connectivity index (χ0v) is 6.45. The van der Waals surface area contributed by atoms with E-state index in [0.29, 0.717) is 6.42 Å². The largest absolute Gasteiger partial charge is 0.459 e. The van der Waals surface area contributed by atoms with Gasteiger partial charge in [-0.3, -0.25) is 0 Å². The number of furan rings is 1. The summed E-state index contributed by atoms with van der Waals surface area (Å²) in [7, 11) is 0. The van der Waals surface area contributed by atoms with Crippen LogP contribution in [0.5, 0.6) is 0 Å². The van der Waals surface area contributed by atoms with Crippen LogP contribution in [-0.4, -0.2) is 12.6 Å². The minimum Gasteiger partial charge on any atom is -0.459 e. The molecule has 0 fully saturated rings. The van der Waals surface area contributed by atoms with Crippen molar-refractivity contribution >= 4 is 5.97 Å². The van der Waals surface area contributed by atoms with E-state index in [1.807, 2.05) is 0 Å². The second kappa shape index (κ2) is 4.24. The lowest BCUT2D eigenvalue weighted by Gasteiger charge is -1.97. The van der Waals surface area contributed by atoms with Gasteiger partial charge >= 0.3 is 5.97 Å². The van der Waals surface area contributed by atoms with Gasteiger partial charge in [-0.05, 0) is 12.1 Å². The van der Waals surface area contributed by atoms with Crippen molar-refractivity contribution in [2.75, 3.05) is 6.61 Å². The Morgan fingerprint density at radius 3 is 3.17 bits per heavy atom. The third-order valence-corrected chi connectivity index (χ3v) is 1.20. The molecule has 0 unspecified atom stereocenters. The van der Waals surface area contributed by atoms with Gasteiger partial charge in [0, 0.05) is 6.42 Å². The average molecular weight is 164 g/mol. The van der Waals surface area contributed by atoms with Gasteiger partial charge in [0.25, 0.3) is 0 Å². The van der Waals surface area contributed by atoms with Gasteiger partial charge < -0.3 is 9.15 Å². The van der Waals surface area contributed by atoms with Crippen LogP contribution in [0.2, 0.25) is 0 Å². The predicted octanol–water partition coefficient (Wildman–Crippen LogP) is 1.46. The second-order valence-corrected chi connectivity index (χ2v) is 2.07. The molecule has 3 heteroatoms. The van der Waals surface area contributed by atoms with E-state index < -0.39 is 5.97 Å². The van der Waals surface area contributed by atoms with Gasteiger partial charge in [-0.15, -0.1) is 12.3 Å². The molecule has 62 valence electrons. The van der Waals surface area contributed by atoms with Crippen LogP contribution < -0.4 is 0 Å². The Kier molecular flexibility index (Phi) is 2.97. The first-order chi connectivity index (χ1) is 5.84. The highest BCUT2D eigenvalue weighted by atomic mass is 16.5. The fourth-order valence-electron chi connectivity index (χ4n) is 0.668. The molecular weight excluding hydrogens is 156 g/mol. The van der Waals surface area contributed by atoms with Crippen molar-refractivity contribution in [1.29, 1.82) is 0 Å². The zero-order valence-electron chi connectivity index (χ0n) is 6.45. The number of esters is 1. The Morgan fingerprint density at radius 2 is 2.58 bits per heavy atom. The SMILES string of the molecule is C#CCCOC(=O)c1ccco1. The molecule has 0 N–H and O–H groups in total. The number of carbonyl (C=O) groups is 1. The first-order valence-corrected chi connectivity index (χ1v) is 3.48. The molecule has 0 saturated carbocycles. The van der Waals surface area contributed by atoms with E-state index in [0.717, 1.165) is 0 Å². The van der Waals surface area contributed by atoms with Crippen LogP contribution >= 0.6 is 0 Å². The number of rotatable bonds is 3. The number of terminal acetylenes is 1. The fourth-order valence-corrected chi connectivity index (χ4v) is 0.668. The second-order valence-electron chi connectivity index (χ2n) is 2.07. The molecule has 0 atom stereocenters. The maximum atomic E-state index is 11.0. The molecule has 0 aromatic carbocycles. The Hall–Kier alpha value is -1.69. The van der Waals surface area contributed by atoms with E-state index in [9.17, 15) is 4.79 Å². The first-order valence-electron chi connectivity index (χ1n) is 3.48. The predicted molar refractivity (Wildman–Crippen MR) is 42.4 cm³/mol. The van der Waals surface area contributed by atoms with Crippen molar-refractivity contribution in [3.8, 4) is 12.3 Å².